The van der Waals surface area contributed by atoms with Gasteiger partial charge in [-0.1, -0.05) is 17.7 Å². The lowest BCUT2D eigenvalue weighted by Crippen LogP contribution is -2.34. The zero-order valence-corrected chi connectivity index (χ0v) is 19.3. The van der Waals surface area contributed by atoms with E-state index in [9.17, 15) is 14.1 Å². The minimum Gasteiger partial charge on any atom is -0.612 e. The van der Waals surface area contributed by atoms with E-state index >= 15 is 0 Å². The Balaban J connectivity index is 1.58. The molecule has 1 saturated heterocycles. The fourth-order valence-electron chi connectivity index (χ4n) is 3.27. The summed E-state index contributed by atoms with van der Waals surface area (Å²) < 4.78 is 12.4. The SMILES string of the molecule is C[S+]([O-])c1cc(C(=O)N=C2NCCN2)ccc1Nc1cccc(C(=O)NC2(C)CC2)c1Cl. The molecule has 2 fully saturated rings. The largest absolute Gasteiger partial charge is 0.612 e. The number of nitrogens with one attached hydrogen (secondary N) is 4. The standard InChI is InChI=1S/C22H24ClN5O3S/c1-22(8-9-22)28-20(30)14-4-3-5-16(18(14)23)26-15-7-6-13(12-17(15)32(2)31)19(29)27-21-24-10-11-25-21/h3-7,12,26H,8-11H2,1-2H3,(H,28,30)(H2,24,25,27,29). The van der Waals surface area contributed by atoms with E-state index in [0.29, 0.717) is 46.4 Å². The van der Waals surface area contributed by atoms with E-state index in [1.807, 2.05) is 6.92 Å². The van der Waals surface area contributed by atoms with Crippen LogP contribution in [-0.2, 0) is 11.2 Å². The van der Waals surface area contributed by atoms with Crippen LogP contribution in [0.15, 0.2) is 46.3 Å². The summed E-state index contributed by atoms with van der Waals surface area (Å²) in [5.41, 5.74) is 1.56. The van der Waals surface area contributed by atoms with Crippen LogP contribution in [0.5, 0.6) is 0 Å². The lowest BCUT2D eigenvalue weighted by Gasteiger charge is -2.17. The maximum atomic E-state index is 12.6. The van der Waals surface area contributed by atoms with Crippen LogP contribution in [0.4, 0.5) is 11.4 Å². The molecule has 2 aromatic carbocycles. The van der Waals surface area contributed by atoms with Gasteiger partial charge in [-0.05, 0) is 55.2 Å². The Kier molecular flexibility index (Phi) is 6.32. The molecule has 2 amide bonds. The highest BCUT2D eigenvalue weighted by Crippen LogP contribution is 2.36. The molecule has 1 atom stereocenters. The van der Waals surface area contributed by atoms with Gasteiger partial charge in [-0.3, -0.25) is 9.59 Å². The summed E-state index contributed by atoms with van der Waals surface area (Å²) in [7, 11) is 0. The molecule has 4 N–H and O–H groups in total. The summed E-state index contributed by atoms with van der Waals surface area (Å²) in [5, 5.41) is 12.4. The number of carbonyl (C=O) groups excluding carboxylic acids is 2. The lowest BCUT2D eigenvalue weighted by molar-refractivity contribution is 0.0934. The first-order chi connectivity index (χ1) is 15.3. The molecule has 10 heteroatoms. The van der Waals surface area contributed by atoms with Crippen LogP contribution in [0.1, 0.15) is 40.5 Å². The third-order valence-corrected chi connectivity index (χ3v) is 6.75. The number of nitrogens with zero attached hydrogens (tertiary/aromatic N) is 1. The molecule has 0 radical (unpaired) electrons. The summed E-state index contributed by atoms with van der Waals surface area (Å²) in [6.07, 6.45) is 3.42. The van der Waals surface area contributed by atoms with Crippen molar-refractivity contribution in [2.45, 2.75) is 30.2 Å². The Morgan fingerprint density at radius 2 is 1.88 bits per heavy atom. The van der Waals surface area contributed by atoms with Gasteiger partial charge in [0.2, 0.25) is 0 Å². The molecule has 1 aliphatic carbocycles. The van der Waals surface area contributed by atoms with Gasteiger partial charge in [0.25, 0.3) is 11.8 Å². The van der Waals surface area contributed by atoms with Gasteiger partial charge in [0.1, 0.15) is 6.26 Å². The van der Waals surface area contributed by atoms with Gasteiger partial charge < -0.3 is 25.8 Å². The van der Waals surface area contributed by atoms with E-state index < -0.39 is 17.1 Å². The molecular formula is C22H24ClN5O3S. The van der Waals surface area contributed by atoms with Crippen LogP contribution < -0.4 is 21.3 Å². The van der Waals surface area contributed by atoms with E-state index in [1.165, 1.54) is 6.26 Å². The van der Waals surface area contributed by atoms with Crippen molar-refractivity contribution >= 4 is 51.9 Å². The fraction of sp³-hybridized carbons (Fsp3) is 0.318. The number of hydrogen-bond donors (Lipinski definition) is 4. The minimum absolute atomic E-state index is 0.161. The van der Waals surface area contributed by atoms with Crippen molar-refractivity contribution in [2.24, 2.45) is 4.99 Å². The third-order valence-electron chi connectivity index (χ3n) is 5.39. The van der Waals surface area contributed by atoms with E-state index in [1.54, 1.807) is 36.4 Å². The maximum absolute atomic E-state index is 12.6. The number of halogens is 1. The Bertz CT molecular complexity index is 1090. The van der Waals surface area contributed by atoms with Crippen molar-refractivity contribution in [3.05, 3.63) is 52.5 Å². The second-order valence-corrected chi connectivity index (χ2v) is 9.82. The highest BCUT2D eigenvalue weighted by atomic mass is 35.5. The van der Waals surface area contributed by atoms with Crippen LogP contribution in [0.3, 0.4) is 0 Å². The lowest BCUT2D eigenvalue weighted by atomic mass is 10.1. The Labute approximate surface area is 194 Å². The molecule has 1 saturated carbocycles. The van der Waals surface area contributed by atoms with Crippen molar-refractivity contribution in [2.75, 3.05) is 24.7 Å². The van der Waals surface area contributed by atoms with E-state index in [0.717, 1.165) is 12.8 Å². The fourth-order valence-corrected chi connectivity index (χ4v) is 4.25. The van der Waals surface area contributed by atoms with E-state index in [4.69, 9.17) is 11.6 Å². The maximum Gasteiger partial charge on any atom is 0.280 e. The number of carbonyl (C=O) groups is 2. The Morgan fingerprint density at radius 3 is 2.53 bits per heavy atom. The average molecular weight is 474 g/mol. The Hall–Kier alpha value is -2.75. The second kappa shape index (κ2) is 9.01. The van der Waals surface area contributed by atoms with Gasteiger partial charge in [-0.25, -0.2) is 0 Å². The first-order valence-corrected chi connectivity index (χ1v) is 12.2. The van der Waals surface area contributed by atoms with Gasteiger partial charge in [-0.2, -0.15) is 4.99 Å². The van der Waals surface area contributed by atoms with Crippen molar-refractivity contribution in [1.29, 1.82) is 0 Å². The second-order valence-electron chi connectivity index (χ2n) is 8.09. The van der Waals surface area contributed by atoms with E-state index in [2.05, 4.69) is 26.3 Å². The number of guanidine groups is 1. The van der Waals surface area contributed by atoms with Gasteiger partial charge >= 0.3 is 0 Å². The predicted molar refractivity (Wildman–Crippen MR) is 126 cm³/mol. The van der Waals surface area contributed by atoms with Crippen LogP contribution in [0, 0.1) is 0 Å². The predicted octanol–water partition coefficient (Wildman–Crippen LogP) is 2.79. The molecule has 1 heterocycles. The third kappa shape index (κ3) is 5.01. The molecule has 32 heavy (non-hydrogen) atoms. The molecule has 2 aliphatic rings. The smallest absolute Gasteiger partial charge is 0.280 e. The molecule has 2 aromatic rings. The summed E-state index contributed by atoms with van der Waals surface area (Å²) in [6.45, 7) is 3.41. The number of benzene rings is 2. The van der Waals surface area contributed by atoms with Gasteiger partial charge in [0.15, 0.2) is 10.9 Å². The molecule has 4 rings (SSSR count). The summed E-state index contributed by atoms with van der Waals surface area (Å²) >= 11 is 5.14. The Morgan fingerprint density at radius 1 is 1.16 bits per heavy atom. The van der Waals surface area contributed by atoms with E-state index in [-0.39, 0.29) is 16.5 Å². The van der Waals surface area contributed by atoms with Gasteiger partial charge in [-0.15, -0.1) is 0 Å². The summed E-state index contributed by atoms with van der Waals surface area (Å²) in [4.78, 5) is 29.6. The van der Waals surface area contributed by atoms with Crippen molar-refractivity contribution < 1.29 is 14.1 Å². The number of hydrogen-bond acceptors (Lipinski definition) is 4. The molecule has 0 spiro atoms. The molecule has 168 valence electrons. The average Bonchev–Trinajstić information content (AvgIpc) is 3.25. The first kappa shape index (κ1) is 22.4. The van der Waals surface area contributed by atoms with Crippen molar-refractivity contribution in [3.8, 4) is 0 Å². The molecule has 8 nitrogen and oxygen atoms in total. The van der Waals surface area contributed by atoms with Crippen LogP contribution in [0.25, 0.3) is 0 Å². The molecule has 0 bridgehead atoms. The monoisotopic (exact) mass is 473 g/mol. The molecule has 0 aromatic heterocycles. The van der Waals surface area contributed by atoms with Gasteiger partial charge in [0, 0.05) is 30.3 Å². The van der Waals surface area contributed by atoms with Crippen molar-refractivity contribution in [3.63, 3.8) is 0 Å². The quantitative estimate of drug-likeness (QED) is 0.479. The summed E-state index contributed by atoms with van der Waals surface area (Å²) in [6, 6.07) is 9.96. The highest BCUT2D eigenvalue weighted by Gasteiger charge is 2.39. The first-order valence-electron chi connectivity index (χ1n) is 10.2. The van der Waals surface area contributed by atoms with Gasteiger partial charge in [0.05, 0.1) is 22.0 Å². The van der Waals surface area contributed by atoms with Crippen LogP contribution in [-0.4, -0.2) is 47.2 Å². The highest BCUT2D eigenvalue weighted by molar-refractivity contribution is 7.90. The zero-order valence-electron chi connectivity index (χ0n) is 17.8. The molecule has 1 aliphatic heterocycles. The van der Waals surface area contributed by atoms with Crippen LogP contribution >= 0.6 is 11.6 Å². The molecule has 1 unspecified atom stereocenters. The molecular weight excluding hydrogens is 450 g/mol. The minimum atomic E-state index is -1.39. The van der Waals surface area contributed by atoms with Crippen LogP contribution in [0.2, 0.25) is 5.02 Å². The number of aliphatic imine (C=N–C) groups is 1. The topological polar surface area (TPSA) is 118 Å². The normalized spacial score (nSPS) is 17.1. The zero-order chi connectivity index (χ0) is 22.9. The number of anilines is 2. The number of rotatable bonds is 6. The van der Waals surface area contributed by atoms with Crippen molar-refractivity contribution in [1.82, 2.24) is 16.0 Å². The number of amides is 2. The summed E-state index contributed by atoms with van der Waals surface area (Å²) in [5.74, 6) is -0.240.